The van der Waals surface area contributed by atoms with E-state index in [9.17, 15) is 8.42 Å². The van der Waals surface area contributed by atoms with Crippen molar-refractivity contribution in [1.82, 2.24) is 0 Å². The monoisotopic (exact) mass is 495 g/mol. The molecule has 3 nitrogen and oxygen atoms in total. The van der Waals surface area contributed by atoms with Crippen molar-refractivity contribution in [2.24, 2.45) is 0 Å². The summed E-state index contributed by atoms with van der Waals surface area (Å²) in [6, 6.07) is 8.79. The van der Waals surface area contributed by atoms with Gasteiger partial charge in [0.2, 0.25) is 0 Å². The van der Waals surface area contributed by atoms with Crippen molar-refractivity contribution < 1.29 is 8.42 Å². The Hall–Kier alpha value is -0.370. The van der Waals surface area contributed by atoms with Crippen LogP contribution < -0.4 is 4.72 Å². The lowest BCUT2D eigenvalue weighted by molar-refractivity contribution is 0.600. The van der Waals surface area contributed by atoms with Gasteiger partial charge in [-0.1, -0.05) is 31.9 Å². The lowest BCUT2D eigenvalue weighted by Crippen LogP contribution is -2.15. The van der Waals surface area contributed by atoms with Gasteiger partial charge in [0.15, 0.2) is 0 Å². The van der Waals surface area contributed by atoms with Crippen LogP contribution in [0.1, 0.15) is 11.1 Å². The van der Waals surface area contributed by atoms with Crippen LogP contribution in [0, 0.1) is 13.8 Å². The third-order valence-electron chi connectivity index (χ3n) is 2.92. The molecule has 0 aliphatic carbocycles. The molecule has 0 amide bonds. The van der Waals surface area contributed by atoms with Crippen molar-refractivity contribution in [2.45, 2.75) is 18.7 Å². The Morgan fingerprint density at radius 3 is 2.05 bits per heavy atom. The summed E-state index contributed by atoms with van der Waals surface area (Å²) in [4.78, 5) is 0.193. The van der Waals surface area contributed by atoms with Crippen LogP contribution in [0.5, 0.6) is 0 Å². The highest BCUT2D eigenvalue weighted by Crippen LogP contribution is 2.30. The fraction of sp³-hybridized carbons (Fsp3) is 0.143. The molecule has 0 atom stereocenters. The van der Waals surface area contributed by atoms with Crippen molar-refractivity contribution in [3.63, 3.8) is 0 Å². The molecule has 0 fully saturated rings. The van der Waals surface area contributed by atoms with Crippen LogP contribution in [-0.4, -0.2) is 8.42 Å². The second-order valence-electron chi connectivity index (χ2n) is 4.59. The summed E-state index contributed by atoms with van der Waals surface area (Å²) in [5.74, 6) is 0. The van der Waals surface area contributed by atoms with E-state index in [1.165, 1.54) is 0 Å². The third-order valence-corrected chi connectivity index (χ3v) is 6.21. The normalized spacial score (nSPS) is 11.5. The van der Waals surface area contributed by atoms with Gasteiger partial charge in [-0.2, -0.15) is 0 Å². The third kappa shape index (κ3) is 3.88. The summed E-state index contributed by atoms with van der Waals surface area (Å²) < 4.78 is 30.0. The Morgan fingerprint density at radius 1 is 0.905 bits per heavy atom. The number of anilines is 1. The van der Waals surface area contributed by atoms with E-state index in [0.717, 1.165) is 15.6 Å². The smallest absolute Gasteiger partial charge is 0.263 e. The van der Waals surface area contributed by atoms with E-state index in [2.05, 4.69) is 52.5 Å². The van der Waals surface area contributed by atoms with Crippen molar-refractivity contribution >= 4 is 63.5 Å². The molecule has 2 aromatic carbocycles. The van der Waals surface area contributed by atoms with E-state index >= 15 is 0 Å². The highest BCUT2D eigenvalue weighted by Gasteiger charge is 2.20. The van der Waals surface area contributed by atoms with Crippen LogP contribution >= 0.6 is 47.8 Å². The van der Waals surface area contributed by atoms with Gasteiger partial charge in [0.05, 0.1) is 5.69 Å². The largest absolute Gasteiger partial charge is 0.279 e. The summed E-state index contributed by atoms with van der Waals surface area (Å²) in [6.45, 7) is 3.73. The summed E-state index contributed by atoms with van der Waals surface area (Å²) in [7, 11) is -3.67. The van der Waals surface area contributed by atoms with Gasteiger partial charge in [0.1, 0.15) is 4.90 Å². The SMILES string of the molecule is Cc1cc(Br)cc(C)c1NS(=O)(=O)c1cc(Br)ccc1Br. The molecule has 0 bridgehead atoms. The van der Waals surface area contributed by atoms with Crippen molar-refractivity contribution in [2.75, 3.05) is 4.72 Å². The molecule has 0 aromatic heterocycles. The Kier molecular flexibility index (Phi) is 5.18. The minimum absolute atomic E-state index is 0.193. The molecular formula is C14H12Br3NO2S. The van der Waals surface area contributed by atoms with Crippen LogP contribution in [0.3, 0.4) is 0 Å². The molecule has 112 valence electrons. The van der Waals surface area contributed by atoms with Crippen LogP contribution in [0.15, 0.2) is 48.6 Å². The van der Waals surface area contributed by atoms with Gasteiger partial charge in [-0.25, -0.2) is 8.42 Å². The number of nitrogens with one attached hydrogen (secondary N) is 1. The molecule has 2 aromatic rings. The summed E-state index contributed by atoms with van der Waals surface area (Å²) >= 11 is 9.98. The van der Waals surface area contributed by atoms with Gasteiger partial charge in [0.25, 0.3) is 10.0 Å². The lowest BCUT2D eigenvalue weighted by Gasteiger charge is -2.15. The minimum atomic E-state index is -3.67. The zero-order valence-electron chi connectivity index (χ0n) is 11.2. The first-order valence-corrected chi connectivity index (χ1v) is 9.81. The molecule has 0 spiro atoms. The van der Waals surface area contributed by atoms with Crippen molar-refractivity contribution in [3.8, 4) is 0 Å². The van der Waals surface area contributed by atoms with Gasteiger partial charge in [-0.3, -0.25) is 4.72 Å². The van der Waals surface area contributed by atoms with Gasteiger partial charge in [0, 0.05) is 13.4 Å². The van der Waals surface area contributed by atoms with Crippen LogP contribution in [-0.2, 0) is 10.0 Å². The standard InChI is InChI=1S/C14H12Br3NO2S/c1-8-5-11(16)6-9(2)14(8)18-21(19,20)13-7-10(15)3-4-12(13)17/h3-7,18H,1-2H3. The number of sulfonamides is 1. The second-order valence-corrected chi connectivity index (χ2v) is 8.93. The molecule has 0 unspecified atom stereocenters. The predicted molar refractivity (Wildman–Crippen MR) is 96.3 cm³/mol. The molecule has 0 aliphatic heterocycles. The second kappa shape index (κ2) is 6.40. The van der Waals surface area contributed by atoms with Crippen LogP contribution in [0.2, 0.25) is 0 Å². The molecule has 0 aliphatic rings. The fourth-order valence-electron chi connectivity index (χ4n) is 1.94. The number of rotatable bonds is 3. The highest BCUT2D eigenvalue weighted by atomic mass is 79.9. The average molecular weight is 498 g/mol. The topological polar surface area (TPSA) is 46.2 Å². The lowest BCUT2D eigenvalue weighted by atomic mass is 10.1. The van der Waals surface area contributed by atoms with Crippen molar-refractivity contribution in [1.29, 1.82) is 0 Å². The zero-order chi connectivity index (χ0) is 15.8. The Balaban J connectivity index is 2.50. The quantitative estimate of drug-likeness (QED) is 0.618. The number of hydrogen-bond donors (Lipinski definition) is 1. The maximum Gasteiger partial charge on any atom is 0.263 e. The molecule has 21 heavy (non-hydrogen) atoms. The first-order chi connectivity index (χ1) is 9.70. The van der Waals surface area contributed by atoms with E-state index in [1.54, 1.807) is 18.2 Å². The minimum Gasteiger partial charge on any atom is -0.279 e. The number of benzene rings is 2. The highest BCUT2D eigenvalue weighted by molar-refractivity contribution is 9.11. The summed E-state index contributed by atoms with van der Waals surface area (Å²) in [5.41, 5.74) is 2.32. The summed E-state index contributed by atoms with van der Waals surface area (Å²) in [6.07, 6.45) is 0. The maximum atomic E-state index is 12.6. The first kappa shape index (κ1) is 17.0. The van der Waals surface area contributed by atoms with E-state index in [0.29, 0.717) is 14.6 Å². The van der Waals surface area contributed by atoms with Gasteiger partial charge in [-0.05, 0) is 71.2 Å². The number of halogens is 3. The van der Waals surface area contributed by atoms with Gasteiger partial charge < -0.3 is 0 Å². The Bertz CT molecular complexity index is 781. The van der Waals surface area contributed by atoms with Gasteiger partial charge in [-0.15, -0.1) is 0 Å². The first-order valence-electron chi connectivity index (χ1n) is 5.95. The molecule has 7 heteroatoms. The van der Waals surface area contributed by atoms with E-state index in [4.69, 9.17) is 0 Å². The zero-order valence-corrected chi connectivity index (χ0v) is 16.8. The number of aryl methyl sites for hydroxylation is 2. The predicted octanol–water partition coefficient (Wildman–Crippen LogP) is 5.39. The van der Waals surface area contributed by atoms with Gasteiger partial charge >= 0.3 is 0 Å². The molecular weight excluding hydrogens is 486 g/mol. The fourth-order valence-corrected chi connectivity index (χ4v) is 5.34. The molecule has 0 radical (unpaired) electrons. The maximum absolute atomic E-state index is 12.6. The van der Waals surface area contributed by atoms with Crippen molar-refractivity contribution in [3.05, 3.63) is 54.9 Å². The van der Waals surface area contributed by atoms with E-state index in [-0.39, 0.29) is 4.90 Å². The molecule has 0 heterocycles. The summed E-state index contributed by atoms with van der Waals surface area (Å²) in [5, 5.41) is 0. The molecule has 2 rings (SSSR count). The number of hydrogen-bond acceptors (Lipinski definition) is 2. The van der Waals surface area contributed by atoms with Crippen LogP contribution in [0.25, 0.3) is 0 Å². The molecule has 0 saturated heterocycles. The van der Waals surface area contributed by atoms with E-state index < -0.39 is 10.0 Å². The Labute approximate surface area is 149 Å². The average Bonchev–Trinajstić information content (AvgIpc) is 2.36. The van der Waals surface area contributed by atoms with Crippen LogP contribution in [0.4, 0.5) is 5.69 Å². The van der Waals surface area contributed by atoms with E-state index in [1.807, 2.05) is 26.0 Å². The molecule has 0 saturated carbocycles. The Morgan fingerprint density at radius 2 is 1.48 bits per heavy atom. The molecule has 1 N–H and O–H groups in total.